The molecular formula is C28H39NO4. The fourth-order valence-electron chi connectivity index (χ4n) is 5.01. The lowest BCUT2D eigenvalue weighted by Gasteiger charge is -2.40. The van der Waals surface area contributed by atoms with Crippen molar-refractivity contribution in [3.8, 4) is 11.5 Å². The highest BCUT2D eigenvalue weighted by Crippen LogP contribution is 2.40. The summed E-state index contributed by atoms with van der Waals surface area (Å²) in [5, 5.41) is 0. The van der Waals surface area contributed by atoms with Gasteiger partial charge in [0.05, 0.1) is 19.8 Å². The predicted octanol–water partition coefficient (Wildman–Crippen LogP) is 5.82. The van der Waals surface area contributed by atoms with Gasteiger partial charge in [-0.05, 0) is 68.2 Å². The molecule has 0 spiro atoms. The quantitative estimate of drug-likeness (QED) is 0.455. The molecule has 0 aliphatic carbocycles. The van der Waals surface area contributed by atoms with Crippen molar-refractivity contribution >= 4 is 5.91 Å². The van der Waals surface area contributed by atoms with E-state index in [0.29, 0.717) is 36.3 Å². The molecule has 1 saturated heterocycles. The summed E-state index contributed by atoms with van der Waals surface area (Å²) in [6.45, 7) is 8.38. The van der Waals surface area contributed by atoms with Crippen LogP contribution in [0.25, 0.3) is 0 Å². The first-order chi connectivity index (χ1) is 15.9. The van der Waals surface area contributed by atoms with Crippen LogP contribution in [0.5, 0.6) is 11.5 Å². The van der Waals surface area contributed by atoms with Gasteiger partial charge in [-0.3, -0.25) is 4.79 Å². The summed E-state index contributed by atoms with van der Waals surface area (Å²) in [5.41, 5.74) is 2.29. The Bertz CT molecular complexity index is 896. The molecular weight excluding hydrogens is 414 g/mol. The van der Waals surface area contributed by atoms with Crippen LogP contribution in [0.1, 0.15) is 63.5 Å². The Morgan fingerprint density at radius 2 is 1.85 bits per heavy atom. The number of hydrogen-bond acceptors (Lipinski definition) is 4. The lowest BCUT2D eigenvalue weighted by molar-refractivity contribution is -0.131. The van der Waals surface area contributed by atoms with Gasteiger partial charge in [0.15, 0.2) is 11.5 Å². The van der Waals surface area contributed by atoms with Gasteiger partial charge in [-0.1, -0.05) is 43.3 Å². The summed E-state index contributed by atoms with van der Waals surface area (Å²) in [6, 6.07) is 16.6. The smallest absolute Gasteiger partial charge is 0.222 e. The molecule has 33 heavy (non-hydrogen) atoms. The van der Waals surface area contributed by atoms with Crippen LogP contribution in [0, 0.1) is 5.92 Å². The first kappa shape index (κ1) is 25.1. The van der Waals surface area contributed by atoms with Crippen molar-refractivity contribution in [1.82, 2.24) is 4.90 Å². The van der Waals surface area contributed by atoms with Crippen molar-refractivity contribution in [2.45, 2.75) is 64.5 Å². The third kappa shape index (κ3) is 6.73. The topological polar surface area (TPSA) is 48.0 Å². The van der Waals surface area contributed by atoms with Gasteiger partial charge in [0, 0.05) is 26.1 Å². The summed E-state index contributed by atoms with van der Waals surface area (Å²) in [7, 11) is 3.27. The zero-order valence-corrected chi connectivity index (χ0v) is 20.8. The van der Waals surface area contributed by atoms with Crippen LogP contribution < -0.4 is 9.47 Å². The van der Waals surface area contributed by atoms with E-state index in [1.807, 2.05) is 30.0 Å². The minimum Gasteiger partial charge on any atom is -0.493 e. The van der Waals surface area contributed by atoms with Crippen molar-refractivity contribution in [3.05, 3.63) is 59.7 Å². The largest absolute Gasteiger partial charge is 0.493 e. The summed E-state index contributed by atoms with van der Waals surface area (Å²) in [6.07, 6.45) is 3.52. The van der Waals surface area contributed by atoms with E-state index in [0.717, 1.165) is 38.0 Å². The Labute approximate surface area is 199 Å². The van der Waals surface area contributed by atoms with Crippen molar-refractivity contribution in [3.63, 3.8) is 0 Å². The number of carbonyl (C=O) groups is 1. The van der Waals surface area contributed by atoms with Crippen molar-refractivity contribution < 1.29 is 19.0 Å². The molecule has 0 N–H and O–H groups in total. The standard InChI is InChI=1S/C28H39NO4/c1-6-27(30)29(20-21-12-13-25(31-4)26(18-21)32-5)16-14-24(22-10-8-7-9-11-22)23-15-17-33-28(2,3)19-23/h7-13,18,23-24H,6,14-17,19-20H2,1-5H3/t23-,24+/m0/s1. The van der Waals surface area contributed by atoms with E-state index in [-0.39, 0.29) is 11.5 Å². The fraction of sp³-hybridized carbons (Fsp3) is 0.536. The summed E-state index contributed by atoms with van der Waals surface area (Å²) in [4.78, 5) is 14.9. The molecule has 0 aromatic heterocycles. The summed E-state index contributed by atoms with van der Waals surface area (Å²) >= 11 is 0. The van der Waals surface area contributed by atoms with E-state index >= 15 is 0 Å². The number of rotatable bonds is 10. The molecule has 1 aliphatic rings. The average Bonchev–Trinajstić information content (AvgIpc) is 2.82. The number of ether oxygens (including phenoxy) is 3. The number of amides is 1. The molecule has 180 valence electrons. The summed E-state index contributed by atoms with van der Waals surface area (Å²) in [5.74, 6) is 2.48. The highest BCUT2D eigenvalue weighted by molar-refractivity contribution is 5.75. The molecule has 1 aliphatic heterocycles. The van der Waals surface area contributed by atoms with E-state index < -0.39 is 0 Å². The van der Waals surface area contributed by atoms with Gasteiger partial charge in [-0.15, -0.1) is 0 Å². The maximum absolute atomic E-state index is 12.9. The summed E-state index contributed by atoms with van der Waals surface area (Å²) < 4.78 is 16.8. The lowest BCUT2D eigenvalue weighted by Crippen LogP contribution is -2.37. The molecule has 2 aromatic carbocycles. The normalized spacial score (nSPS) is 18.4. The van der Waals surface area contributed by atoms with Crippen molar-refractivity contribution in [1.29, 1.82) is 0 Å². The number of hydrogen-bond donors (Lipinski definition) is 0. The third-order valence-electron chi connectivity index (χ3n) is 6.72. The highest BCUT2D eigenvalue weighted by Gasteiger charge is 2.34. The Morgan fingerprint density at radius 3 is 2.48 bits per heavy atom. The molecule has 5 heteroatoms. The molecule has 1 amide bonds. The van der Waals surface area contributed by atoms with E-state index in [1.165, 1.54) is 5.56 Å². The minimum absolute atomic E-state index is 0.103. The van der Waals surface area contributed by atoms with E-state index in [1.54, 1.807) is 14.2 Å². The van der Waals surface area contributed by atoms with E-state index in [9.17, 15) is 4.79 Å². The maximum atomic E-state index is 12.9. The SMILES string of the molecule is CCC(=O)N(CC[C@H](c1ccccc1)[C@H]1CCOC(C)(C)C1)Cc1ccc(OC)c(OC)c1. The average molecular weight is 454 g/mol. The Balaban J connectivity index is 1.78. The second-order valence-electron chi connectivity index (χ2n) is 9.53. The second kappa shape index (κ2) is 11.6. The fourth-order valence-corrected chi connectivity index (χ4v) is 5.01. The van der Waals surface area contributed by atoms with Crippen LogP contribution in [0.4, 0.5) is 0 Å². The Morgan fingerprint density at radius 1 is 1.12 bits per heavy atom. The molecule has 2 aromatic rings. The predicted molar refractivity (Wildman–Crippen MR) is 132 cm³/mol. The van der Waals surface area contributed by atoms with E-state index in [4.69, 9.17) is 14.2 Å². The van der Waals surface area contributed by atoms with Gasteiger partial charge in [0.25, 0.3) is 0 Å². The van der Waals surface area contributed by atoms with Crippen LogP contribution >= 0.6 is 0 Å². The first-order valence-corrected chi connectivity index (χ1v) is 12.0. The van der Waals surface area contributed by atoms with Crippen LogP contribution in [0.2, 0.25) is 0 Å². The number of nitrogens with zero attached hydrogens (tertiary/aromatic N) is 1. The second-order valence-corrected chi connectivity index (χ2v) is 9.53. The molecule has 2 atom stereocenters. The van der Waals surface area contributed by atoms with Gasteiger partial charge in [0.1, 0.15) is 0 Å². The molecule has 0 radical (unpaired) electrons. The van der Waals surface area contributed by atoms with Crippen molar-refractivity contribution in [2.75, 3.05) is 27.4 Å². The molecule has 0 unspecified atom stereocenters. The lowest BCUT2D eigenvalue weighted by atomic mass is 9.75. The highest BCUT2D eigenvalue weighted by atomic mass is 16.5. The first-order valence-electron chi connectivity index (χ1n) is 12.0. The molecule has 0 saturated carbocycles. The number of methoxy groups -OCH3 is 2. The zero-order valence-electron chi connectivity index (χ0n) is 20.8. The minimum atomic E-state index is -0.103. The van der Waals surface area contributed by atoms with E-state index in [2.05, 4.69) is 44.2 Å². The van der Waals surface area contributed by atoms with Gasteiger partial charge >= 0.3 is 0 Å². The van der Waals surface area contributed by atoms with Crippen LogP contribution in [-0.2, 0) is 16.1 Å². The number of benzene rings is 2. The van der Waals surface area contributed by atoms with Crippen LogP contribution in [0.15, 0.2) is 48.5 Å². The van der Waals surface area contributed by atoms with Crippen LogP contribution in [-0.4, -0.2) is 43.8 Å². The van der Waals surface area contributed by atoms with Crippen LogP contribution in [0.3, 0.4) is 0 Å². The van der Waals surface area contributed by atoms with Gasteiger partial charge in [-0.2, -0.15) is 0 Å². The molecule has 1 fully saturated rings. The van der Waals surface area contributed by atoms with Gasteiger partial charge in [0.2, 0.25) is 5.91 Å². The maximum Gasteiger partial charge on any atom is 0.222 e. The molecule has 3 rings (SSSR count). The Kier molecular flexibility index (Phi) is 8.79. The molecule has 1 heterocycles. The number of carbonyl (C=O) groups excluding carboxylic acids is 1. The molecule has 5 nitrogen and oxygen atoms in total. The van der Waals surface area contributed by atoms with Gasteiger partial charge in [-0.25, -0.2) is 0 Å². The Hall–Kier alpha value is -2.53. The van der Waals surface area contributed by atoms with Crippen molar-refractivity contribution in [2.24, 2.45) is 5.92 Å². The van der Waals surface area contributed by atoms with Gasteiger partial charge < -0.3 is 19.1 Å². The third-order valence-corrected chi connectivity index (χ3v) is 6.72. The molecule has 0 bridgehead atoms. The zero-order chi connectivity index (χ0) is 23.8. The monoisotopic (exact) mass is 453 g/mol.